The summed E-state index contributed by atoms with van der Waals surface area (Å²) in [6.07, 6.45) is 3.63. The van der Waals surface area contributed by atoms with Gasteiger partial charge in [0.15, 0.2) is 11.5 Å². The summed E-state index contributed by atoms with van der Waals surface area (Å²) in [4.78, 5) is 32.6. The number of methoxy groups -OCH3 is 1. The van der Waals surface area contributed by atoms with Gasteiger partial charge >= 0.3 is 0 Å². The van der Waals surface area contributed by atoms with Crippen LogP contribution in [0.3, 0.4) is 0 Å². The quantitative estimate of drug-likeness (QED) is 0.582. The molecule has 1 fully saturated rings. The molecule has 1 saturated heterocycles. The SMILES string of the molecule is CCOc1cc(CNC(=O)c2cnc3sc(N4CCC[C@H](C)C4)nn3c2=O)ccc1OC. The van der Waals surface area contributed by atoms with E-state index in [1.165, 1.54) is 28.5 Å². The normalized spacial score (nSPS) is 16.2. The smallest absolute Gasteiger partial charge is 0.288 e. The lowest BCUT2D eigenvalue weighted by molar-refractivity contribution is 0.0948. The van der Waals surface area contributed by atoms with Crippen LogP contribution in [0.15, 0.2) is 29.2 Å². The van der Waals surface area contributed by atoms with Gasteiger partial charge in [0, 0.05) is 25.8 Å². The minimum absolute atomic E-state index is 0.0371. The van der Waals surface area contributed by atoms with Crippen molar-refractivity contribution < 1.29 is 14.3 Å². The lowest BCUT2D eigenvalue weighted by Crippen LogP contribution is -2.34. The van der Waals surface area contributed by atoms with Crippen molar-refractivity contribution in [2.24, 2.45) is 5.92 Å². The van der Waals surface area contributed by atoms with Crippen LogP contribution in [-0.4, -0.2) is 47.3 Å². The second kappa shape index (κ2) is 9.56. The third-order valence-corrected chi connectivity index (χ3v) is 6.41. The van der Waals surface area contributed by atoms with Crippen LogP contribution < -0.4 is 25.2 Å². The van der Waals surface area contributed by atoms with E-state index in [0.717, 1.165) is 30.2 Å². The molecule has 3 aromatic rings. The Morgan fingerprint density at radius 2 is 2.19 bits per heavy atom. The van der Waals surface area contributed by atoms with Crippen molar-refractivity contribution >= 4 is 27.3 Å². The van der Waals surface area contributed by atoms with Gasteiger partial charge in [-0.05, 0) is 43.4 Å². The summed E-state index contributed by atoms with van der Waals surface area (Å²) in [5.41, 5.74) is 0.321. The van der Waals surface area contributed by atoms with E-state index in [1.54, 1.807) is 13.2 Å². The lowest BCUT2D eigenvalue weighted by Gasteiger charge is -2.30. The van der Waals surface area contributed by atoms with Gasteiger partial charge < -0.3 is 19.7 Å². The van der Waals surface area contributed by atoms with E-state index in [0.29, 0.717) is 29.0 Å². The molecule has 1 amide bonds. The number of rotatable bonds is 7. The molecule has 0 saturated carbocycles. The second-order valence-corrected chi connectivity index (χ2v) is 8.78. The predicted molar refractivity (Wildman–Crippen MR) is 123 cm³/mol. The zero-order valence-electron chi connectivity index (χ0n) is 18.5. The average molecular weight is 458 g/mol. The summed E-state index contributed by atoms with van der Waals surface area (Å²) in [5.74, 6) is 1.32. The Morgan fingerprint density at radius 1 is 1.34 bits per heavy atom. The first kappa shape index (κ1) is 22.1. The van der Waals surface area contributed by atoms with E-state index in [4.69, 9.17) is 9.47 Å². The molecule has 2 aromatic heterocycles. The Morgan fingerprint density at radius 3 is 2.94 bits per heavy atom. The van der Waals surface area contributed by atoms with Crippen LogP contribution in [0.5, 0.6) is 11.5 Å². The number of ether oxygens (including phenoxy) is 2. The molecule has 0 unspecified atom stereocenters. The van der Waals surface area contributed by atoms with Gasteiger partial charge in [-0.15, -0.1) is 5.10 Å². The number of benzene rings is 1. The molecule has 0 spiro atoms. The van der Waals surface area contributed by atoms with E-state index in [2.05, 4.69) is 27.2 Å². The molecule has 1 atom stereocenters. The molecule has 0 aliphatic carbocycles. The number of hydrogen-bond donors (Lipinski definition) is 1. The van der Waals surface area contributed by atoms with Gasteiger partial charge in [0.25, 0.3) is 11.5 Å². The Balaban J connectivity index is 1.51. The Labute approximate surface area is 190 Å². The van der Waals surface area contributed by atoms with E-state index >= 15 is 0 Å². The highest BCUT2D eigenvalue weighted by molar-refractivity contribution is 7.20. The summed E-state index contributed by atoms with van der Waals surface area (Å²) >= 11 is 1.37. The molecule has 4 rings (SSSR count). The molecule has 1 aromatic carbocycles. The highest BCUT2D eigenvalue weighted by Crippen LogP contribution is 2.28. The second-order valence-electron chi connectivity index (χ2n) is 7.85. The number of aromatic nitrogens is 3. The van der Waals surface area contributed by atoms with Crippen LogP contribution in [0.4, 0.5) is 5.13 Å². The maximum Gasteiger partial charge on any atom is 0.288 e. The topological polar surface area (TPSA) is 98.1 Å². The zero-order valence-corrected chi connectivity index (χ0v) is 19.3. The number of piperidine rings is 1. The van der Waals surface area contributed by atoms with Crippen molar-refractivity contribution in [2.45, 2.75) is 33.2 Å². The standard InChI is InChI=1S/C22H27N5O4S/c1-4-31-18-10-15(7-8-17(18)30-3)11-23-19(28)16-12-24-21-27(20(16)29)25-22(32-21)26-9-5-6-14(2)13-26/h7-8,10,12,14H,4-6,9,11,13H2,1-3H3,(H,23,28)/t14-/m0/s1. The number of anilines is 1. The van der Waals surface area contributed by atoms with Gasteiger partial charge in [0.05, 0.1) is 13.7 Å². The molecule has 10 heteroatoms. The van der Waals surface area contributed by atoms with Crippen LogP contribution >= 0.6 is 11.3 Å². The first-order valence-corrected chi connectivity index (χ1v) is 11.5. The number of nitrogens with zero attached hydrogens (tertiary/aromatic N) is 4. The fourth-order valence-electron chi connectivity index (χ4n) is 3.80. The monoisotopic (exact) mass is 457 g/mol. The van der Waals surface area contributed by atoms with Gasteiger partial charge in [-0.3, -0.25) is 9.59 Å². The number of carbonyl (C=O) groups is 1. The van der Waals surface area contributed by atoms with Crippen LogP contribution in [0.1, 0.15) is 42.6 Å². The lowest BCUT2D eigenvalue weighted by atomic mass is 10.0. The maximum absolute atomic E-state index is 12.9. The largest absolute Gasteiger partial charge is 0.493 e. The van der Waals surface area contributed by atoms with Crippen molar-refractivity contribution in [1.29, 1.82) is 0 Å². The number of nitrogens with one attached hydrogen (secondary N) is 1. The summed E-state index contributed by atoms with van der Waals surface area (Å²) in [5, 5.41) is 8.00. The van der Waals surface area contributed by atoms with Gasteiger partial charge in [0.1, 0.15) is 5.56 Å². The Kier molecular flexibility index (Phi) is 6.59. The molecule has 0 radical (unpaired) electrons. The Hall–Kier alpha value is -3.14. The molecule has 0 bridgehead atoms. The Bertz CT molecular complexity index is 1170. The molecular weight excluding hydrogens is 430 g/mol. The third kappa shape index (κ3) is 4.55. The highest BCUT2D eigenvalue weighted by Gasteiger charge is 2.22. The third-order valence-electron chi connectivity index (χ3n) is 5.43. The predicted octanol–water partition coefficient (Wildman–Crippen LogP) is 2.72. The number of hydrogen-bond acceptors (Lipinski definition) is 8. The summed E-state index contributed by atoms with van der Waals surface area (Å²) in [7, 11) is 1.58. The number of carbonyl (C=O) groups excluding carboxylic acids is 1. The van der Waals surface area contributed by atoms with E-state index < -0.39 is 11.5 Å². The van der Waals surface area contributed by atoms with E-state index in [9.17, 15) is 9.59 Å². The molecule has 9 nitrogen and oxygen atoms in total. The summed E-state index contributed by atoms with van der Waals surface area (Å²) in [6.45, 7) is 6.66. The van der Waals surface area contributed by atoms with Crippen molar-refractivity contribution in [3.63, 3.8) is 0 Å². The zero-order chi connectivity index (χ0) is 22.7. The van der Waals surface area contributed by atoms with Gasteiger partial charge in [-0.1, -0.05) is 24.3 Å². The van der Waals surface area contributed by atoms with E-state index in [-0.39, 0.29) is 12.1 Å². The van der Waals surface area contributed by atoms with Crippen LogP contribution in [-0.2, 0) is 6.54 Å². The van der Waals surface area contributed by atoms with Crippen LogP contribution in [0.25, 0.3) is 4.96 Å². The van der Waals surface area contributed by atoms with Crippen molar-refractivity contribution in [3.8, 4) is 11.5 Å². The molecule has 32 heavy (non-hydrogen) atoms. The first-order valence-electron chi connectivity index (χ1n) is 10.7. The number of amides is 1. The minimum atomic E-state index is -0.494. The van der Waals surface area contributed by atoms with Crippen molar-refractivity contribution in [3.05, 3.63) is 45.9 Å². The summed E-state index contributed by atoms with van der Waals surface area (Å²) < 4.78 is 12.1. The van der Waals surface area contributed by atoms with E-state index in [1.807, 2.05) is 19.1 Å². The van der Waals surface area contributed by atoms with Crippen molar-refractivity contribution in [2.75, 3.05) is 31.7 Å². The van der Waals surface area contributed by atoms with Gasteiger partial charge in [-0.2, -0.15) is 4.52 Å². The van der Waals surface area contributed by atoms with Crippen LogP contribution in [0.2, 0.25) is 0 Å². The van der Waals surface area contributed by atoms with Gasteiger partial charge in [0.2, 0.25) is 10.1 Å². The minimum Gasteiger partial charge on any atom is -0.493 e. The number of fused-ring (bicyclic) bond motifs is 1. The summed E-state index contributed by atoms with van der Waals surface area (Å²) in [6, 6.07) is 5.43. The fourth-order valence-corrected chi connectivity index (χ4v) is 4.70. The molecule has 3 heterocycles. The molecule has 1 aliphatic rings. The molecule has 1 aliphatic heterocycles. The molecule has 170 valence electrons. The molecule has 1 N–H and O–H groups in total. The molecular formula is C22H27N5O4S. The average Bonchev–Trinajstić information content (AvgIpc) is 3.24. The maximum atomic E-state index is 12.9. The van der Waals surface area contributed by atoms with Gasteiger partial charge in [-0.25, -0.2) is 4.98 Å². The fraction of sp³-hybridized carbons (Fsp3) is 0.455. The van der Waals surface area contributed by atoms with Crippen LogP contribution in [0, 0.1) is 5.92 Å². The van der Waals surface area contributed by atoms with Crippen molar-refractivity contribution in [1.82, 2.24) is 19.9 Å². The highest BCUT2D eigenvalue weighted by atomic mass is 32.1. The first-order chi connectivity index (χ1) is 15.5.